The Balaban J connectivity index is 1.46. The molecule has 0 aromatic heterocycles. The fraction of sp³-hybridized carbons (Fsp3) is 0.435. The zero-order valence-electron chi connectivity index (χ0n) is 17.7. The molecule has 2 aromatic carbocycles. The Morgan fingerprint density at radius 3 is 2.62 bits per heavy atom. The van der Waals surface area contributed by atoms with Gasteiger partial charge in [-0.3, -0.25) is 4.79 Å². The van der Waals surface area contributed by atoms with Crippen molar-refractivity contribution in [2.45, 2.75) is 32.3 Å². The van der Waals surface area contributed by atoms with Crippen LogP contribution in [0.15, 0.2) is 42.5 Å². The molecule has 6 nitrogen and oxygen atoms in total. The second kappa shape index (κ2) is 9.18. The monoisotopic (exact) mass is 398 g/mol. The van der Waals surface area contributed by atoms with Crippen molar-refractivity contribution in [1.29, 1.82) is 0 Å². The topological polar surface area (TPSA) is 60.0 Å². The maximum atomic E-state index is 12.3. The highest BCUT2D eigenvalue weighted by molar-refractivity contribution is 5.91. The molecule has 1 aliphatic rings. The number of hydrogen-bond acceptors (Lipinski definition) is 5. The largest absolute Gasteiger partial charge is 0.494 e. The zero-order chi connectivity index (χ0) is 20.9. The molecule has 0 saturated carbocycles. The van der Waals surface area contributed by atoms with E-state index in [1.807, 2.05) is 70.4 Å². The van der Waals surface area contributed by atoms with Gasteiger partial charge in [0, 0.05) is 24.2 Å². The molecule has 29 heavy (non-hydrogen) atoms. The van der Waals surface area contributed by atoms with Crippen LogP contribution in [-0.4, -0.2) is 50.3 Å². The van der Waals surface area contributed by atoms with Gasteiger partial charge in [-0.15, -0.1) is 0 Å². The highest BCUT2D eigenvalue weighted by atomic mass is 16.5. The van der Waals surface area contributed by atoms with Gasteiger partial charge in [0.15, 0.2) is 18.1 Å². The SMILES string of the molecule is CN(C)CCCOc1ccc(NC(=O)COc2cccc3c2OC(C)(C)C3)cc1. The molecule has 2 aromatic rings. The second-order valence-electron chi connectivity index (χ2n) is 8.15. The number of carbonyl (C=O) groups excluding carboxylic acids is 1. The van der Waals surface area contributed by atoms with E-state index < -0.39 is 0 Å². The molecule has 156 valence electrons. The predicted octanol–water partition coefficient (Wildman–Crippen LogP) is 3.75. The van der Waals surface area contributed by atoms with Gasteiger partial charge in [0.2, 0.25) is 0 Å². The van der Waals surface area contributed by atoms with Crippen molar-refractivity contribution in [3.63, 3.8) is 0 Å². The maximum absolute atomic E-state index is 12.3. The summed E-state index contributed by atoms with van der Waals surface area (Å²) in [4.78, 5) is 14.4. The van der Waals surface area contributed by atoms with Crippen LogP contribution < -0.4 is 19.5 Å². The molecule has 0 saturated heterocycles. The highest BCUT2D eigenvalue weighted by Crippen LogP contribution is 2.41. The van der Waals surface area contributed by atoms with Crippen LogP contribution in [0.5, 0.6) is 17.2 Å². The number of carbonyl (C=O) groups is 1. The number of para-hydroxylation sites is 1. The number of hydrogen-bond donors (Lipinski definition) is 1. The van der Waals surface area contributed by atoms with Crippen molar-refractivity contribution < 1.29 is 19.0 Å². The smallest absolute Gasteiger partial charge is 0.262 e. The van der Waals surface area contributed by atoms with E-state index in [1.54, 1.807) is 0 Å². The van der Waals surface area contributed by atoms with Gasteiger partial charge >= 0.3 is 0 Å². The van der Waals surface area contributed by atoms with Crippen LogP contribution in [-0.2, 0) is 11.2 Å². The molecule has 0 unspecified atom stereocenters. The van der Waals surface area contributed by atoms with E-state index in [9.17, 15) is 4.79 Å². The molecule has 6 heteroatoms. The van der Waals surface area contributed by atoms with E-state index >= 15 is 0 Å². The molecule has 0 spiro atoms. The summed E-state index contributed by atoms with van der Waals surface area (Å²) in [5.41, 5.74) is 1.56. The van der Waals surface area contributed by atoms with Crippen molar-refractivity contribution >= 4 is 11.6 Å². The van der Waals surface area contributed by atoms with Crippen LogP contribution >= 0.6 is 0 Å². The molecular weight excluding hydrogens is 368 g/mol. The molecular formula is C23H30N2O4. The Hall–Kier alpha value is -2.73. The van der Waals surface area contributed by atoms with E-state index in [0.29, 0.717) is 18.0 Å². The van der Waals surface area contributed by atoms with Gasteiger partial charge in [0.05, 0.1) is 6.61 Å². The number of nitrogens with one attached hydrogen (secondary N) is 1. The lowest BCUT2D eigenvalue weighted by Gasteiger charge is -2.18. The predicted molar refractivity (Wildman–Crippen MR) is 114 cm³/mol. The fourth-order valence-corrected chi connectivity index (χ4v) is 3.25. The van der Waals surface area contributed by atoms with Gasteiger partial charge in [-0.2, -0.15) is 0 Å². The van der Waals surface area contributed by atoms with Crippen molar-refractivity contribution in [2.24, 2.45) is 0 Å². The number of ether oxygens (including phenoxy) is 3. The van der Waals surface area contributed by atoms with Crippen molar-refractivity contribution in [1.82, 2.24) is 4.90 Å². The third kappa shape index (κ3) is 6.12. The molecule has 1 amide bonds. The summed E-state index contributed by atoms with van der Waals surface area (Å²) in [7, 11) is 4.08. The first-order valence-corrected chi connectivity index (χ1v) is 9.93. The van der Waals surface area contributed by atoms with E-state index in [4.69, 9.17) is 14.2 Å². The van der Waals surface area contributed by atoms with Gasteiger partial charge in [-0.1, -0.05) is 12.1 Å². The summed E-state index contributed by atoms with van der Waals surface area (Å²) in [6, 6.07) is 13.1. The average molecular weight is 399 g/mol. The molecule has 1 N–H and O–H groups in total. The first kappa shape index (κ1) is 21.0. The number of fused-ring (bicyclic) bond motifs is 1. The number of anilines is 1. The van der Waals surface area contributed by atoms with E-state index in [2.05, 4.69) is 10.2 Å². The first-order valence-electron chi connectivity index (χ1n) is 9.93. The van der Waals surface area contributed by atoms with Gasteiger partial charge < -0.3 is 24.4 Å². The van der Waals surface area contributed by atoms with Crippen LogP contribution in [0, 0.1) is 0 Å². The van der Waals surface area contributed by atoms with Crippen molar-refractivity contribution in [2.75, 3.05) is 39.2 Å². The first-order chi connectivity index (χ1) is 13.8. The summed E-state index contributed by atoms with van der Waals surface area (Å²) < 4.78 is 17.4. The summed E-state index contributed by atoms with van der Waals surface area (Å²) in [6.45, 7) is 5.65. The maximum Gasteiger partial charge on any atom is 0.262 e. The standard InChI is InChI=1S/C23H30N2O4/c1-23(2)15-17-7-5-8-20(22(17)29-23)28-16-21(26)24-18-9-11-19(12-10-18)27-14-6-13-25(3)4/h5,7-12H,6,13-16H2,1-4H3,(H,24,26). The lowest BCUT2D eigenvalue weighted by Crippen LogP contribution is -2.25. The Morgan fingerprint density at radius 1 is 1.14 bits per heavy atom. The molecule has 0 bridgehead atoms. The quantitative estimate of drug-likeness (QED) is 0.652. The minimum atomic E-state index is -0.250. The molecule has 1 heterocycles. The Labute approximate surface area is 172 Å². The number of nitrogens with zero attached hydrogens (tertiary/aromatic N) is 1. The van der Waals surface area contributed by atoms with Crippen LogP contribution in [0.1, 0.15) is 25.8 Å². The van der Waals surface area contributed by atoms with E-state index in [0.717, 1.165) is 36.4 Å². The van der Waals surface area contributed by atoms with E-state index in [1.165, 1.54) is 0 Å². The third-order valence-electron chi connectivity index (χ3n) is 4.57. The minimum absolute atomic E-state index is 0.0803. The van der Waals surface area contributed by atoms with Crippen LogP contribution in [0.25, 0.3) is 0 Å². The Morgan fingerprint density at radius 2 is 1.90 bits per heavy atom. The van der Waals surface area contributed by atoms with Crippen molar-refractivity contribution in [3.05, 3.63) is 48.0 Å². The van der Waals surface area contributed by atoms with Gasteiger partial charge in [0.1, 0.15) is 11.4 Å². The summed E-state index contributed by atoms with van der Waals surface area (Å²) in [5.74, 6) is 1.91. The van der Waals surface area contributed by atoms with Gasteiger partial charge in [0.25, 0.3) is 5.91 Å². The fourth-order valence-electron chi connectivity index (χ4n) is 3.25. The summed E-state index contributed by atoms with van der Waals surface area (Å²) in [5, 5.41) is 2.84. The highest BCUT2D eigenvalue weighted by Gasteiger charge is 2.32. The van der Waals surface area contributed by atoms with Crippen LogP contribution in [0.4, 0.5) is 5.69 Å². The molecule has 0 radical (unpaired) electrons. The molecule has 0 fully saturated rings. The zero-order valence-corrected chi connectivity index (χ0v) is 17.7. The number of rotatable bonds is 9. The van der Waals surface area contributed by atoms with Crippen molar-refractivity contribution in [3.8, 4) is 17.2 Å². The second-order valence-corrected chi connectivity index (χ2v) is 8.15. The number of amides is 1. The molecule has 1 aliphatic heterocycles. The minimum Gasteiger partial charge on any atom is -0.494 e. The summed E-state index contributed by atoms with van der Waals surface area (Å²) in [6.07, 6.45) is 1.79. The van der Waals surface area contributed by atoms with Gasteiger partial charge in [-0.25, -0.2) is 0 Å². The van der Waals surface area contributed by atoms with Crippen LogP contribution in [0.3, 0.4) is 0 Å². The molecule has 0 atom stereocenters. The molecule has 3 rings (SSSR count). The van der Waals surface area contributed by atoms with Gasteiger partial charge in [-0.05, 0) is 64.7 Å². The Bertz CT molecular complexity index is 831. The molecule has 0 aliphatic carbocycles. The number of benzene rings is 2. The lowest BCUT2D eigenvalue weighted by atomic mass is 10.0. The Kier molecular flexibility index (Phi) is 6.64. The normalized spacial score (nSPS) is 14.2. The average Bonchev–Trinajstić information content (AvgIpc) is 2.99. The van der Waals surface area contributed by atoms with Crippen LogP contribution in [0.2, 0.25) is 0 Å². The van der Waals surface area contributed by atoms with E-state index in [-0.39, 0.29) is 18.1 Å². The summed E-state index contributed by atoms with van der Waals surface area (Å²) >= 11 is 0. The third-order valence-corrected chi connectivity index (χ3v) is 4.57. The lowest BCUT2D eigenvalue weighted by molar-refractivity contribution is -0.118.